The zero-order chi connectivity index (χ0) is 11.0. The van der Waals surface area contributed by atoms with Crippen molar-refractivity contribution in [3.8, 4) is 0 Å². The van der Waals surface area contributed by atoms with Gasteiger partial charge in [-0.2, -0.15) is 0 Å². The van der Waals surface area contributed by atoms with Gasteiger partial charge in [0.05, 0.1) is 0 Å². The number of nitrogens with two attached hydrogens (primary N) is 1. The second kappa shape index (κ2) is 3.74. The summed E-state index contributed by atoms with van der Waals surface area (Å²) in [7, 11) is 0. The Hall–Kier alpha value is -1.22. The zero-order valence-electron chi connectivity index (χ0n) is 9.27. The van der Waals surface area contributed by atoms with Crippen LogP contribution in [-0.2, 0) is 6.42 Å². The molecule has 0 saturated carbocycles. The van der Waals surface area contributed by atoms with Gasteiger partial charge in [-0.25, -0.2) is 0 Å². The van der Waals surface area contributed by atoms with Gasteiger partial charge in [0, 0.05) is 17.9 Å². The second-order valence-electron chi connectivity index (χ2n) is 4.48. The molecule has 3 nitrogen and oxygen atoms in total. The topological polar surface area (TPSA) is 49.5 Å². The first-order valence-corrected chi connectivity index (χ1v) is 5.41. The molecule has 82 valence electrons. The molecule has 3 N–H and O–H groups in total. The minimum Gasteiger partial charge on any atom is -0.399 e. The van der Waals surface area contributed by atoms with E-state index in [0.717, 1.165) is 24.3 Å². The standard InChI is InChI=1S/C12H18N2O/c1-8-5-10-3-4-11(13)6-12(10)14(7-8)9(2)15/h3-4,6,8-9,15H,5,7,13H2,1-2H3. The van der Waals surface area contributed by atoms with E-state index < -0.39 is 6.23 Å². The summed E-state index contributed by atoms with van der Waals surface area (Å²) in [4.78, 5) is 2.01. The third-order valence-electron chi connectivity index (χ3n) is 2.95. The number of nitrogens with zero attached hydrogens (tertiary/aromatic N) is 1. The fourth-order valence-electron chi connectivity index (χ4n) is 2.25. The van der Waals surface area contributed by atoms with E-state index in [-0.39, 0.29) is 0 Å². The summed E-state index contributed by atoms with van der Waals surface area (Å²) in [6.07, 6.45) is 0.618. The lowest BCUT2D eigenvalue weighted by molar-refractivity contribution is 0.181. The molecule has 2 atom stereocenters. The normalized spacial score (nSPS) is 22.3. The Labute approximate surface area is 90.5 Å². The lowest BCUT2D eigenvalue weighted by Gasteiger charge is -2.36. The molecule has 2 unspecified atom stereocenters. The molecule has 3 heteroatoms. The predicted octanol–water partition coefficient (Wildman–Crippen LogP) is 1.61. The van der Waals surface area contributed by atoms with Crippen molar-refractivity contribution >= 4 is 11.4 Å². The lowest BCUT2D eigenvalue weighted by Crippen LogP contribution is -2.40. The summed E-state index contributed by atoms with van der Waals surface area (Å²) in [6.45, 7) is 4.90. The van der Waals surface area contributed by atoms with Crippen LogP contribution in [-0.4, -0.2) is 17.9 Å². The average molecular weight is 206 g/mol. The zero-order valence-corrected chi connectivity index (χ0v) is 9.27. The van der Waals surface area contributed by atoms with E-state index in [0.29, 0.717) is 5.92 Å². The Morgan fingerprint density at radius 1 is 1.53 bits per heavy atom. The number of aliphatic hydroxyl groups excluding tert-OH is 1. The quantitative estimate of drug-likeness (QED) is 0.686. The predicted molar refractivity (Wildman–Crippen MR) is 62.7 cm³/mol. The minimum atomic E-state index is -0.451. The van der Waals surface area contributed by atoms with Gasteiger partial charge in [0.2, 0.25) is 0 Å². The average Bonchev–Trinajstić information content (AvgIpc) is 2.17. The van der Waals surface area contributed by atoms with Gasteiger partial charge in [-0.05, 0) is 37.0 Å². The SMILES string of the molecule is CC1Cc2ccc(N)cc2N(C(C)O)C1. The van der Waals surface area contributed by atoms with Crippen LogP contribution in [0.4, 0.5) is 11.4 Å². The van der Waals surface area contributed by atoms with Gasteiger partial charge >= 0.3 is 0 Å². The van der Waals surface area contributed by atoms with Crippen LogP contribution in [0.3, 0.4) is 0 Å². The molecule has 0 radical (unpaired) electrons. The van der Waals surface area contributed by atoms with Gasteiger partial charge in [-0.1, -0.05) is 13.0 Å². The van der Waals surface area contributed by atoms with E-state index in [4.69, 9.17) is 5.73 Å². The molecule has 1 aliphatic rings. The molecule has 1 aromatic rings. The maximum absolute atomic E-state index is 9.72. The molecule has 0 aromatic heterocycles. The lowest BCUT2D eigenvalue weighted by atomic mass is 9.93. The number of hydrogen-bond acceptors (Lipinski definition) is 3. The van der Waals surface area contributed by atoms with Crippen molar-refractivity contribution in [3.05, 3.63) is 23.8 Å². The second-order valence-corrected chi connectivity index (χ2v) is 4.48. The smallest absolute Gasteiger partial charge is 0.124 e. The highest BCUT2D eigenvalue weighted by molar-refractivity contribution is 5.62. The highest BCUT2D eigenvalue weighted by Crippen LogP contribution is 2.32. The first-order valence-electron chi connectivity index (χ1n) is 5.41. The van der Waals surface area contributed by atoms with Crippen LogP contribution in [0, 0.1) is 5.92 Å². The Morgan fingerprint density at radius 3 is 2.93 bits per heavy atom. The van der Waals surface area contributed by atoms with Gasteiger partial charge in [0.15, 0.2) is 0 Å². The van der Waals surface area contributed by atoms with Gasteiger partial charge in [0.1, 0.15) is 6.23 Å². The van der Waals surface area contributed by atoms with Crippen LogP contribution in [0.25, 0.3) is 0 Å². The molecule has 0 bridgehead atoms. The van der Waals surface area contributed by atoms with E-state index in [9.17, 15) is 5.11 Å². The van der Waals surface area contributed by atoms with E-state index in [1.807, 2.05) is 17.0 Å². The summed E-state index contributed by atoms with van der Waals surface area (Å²) >= 11 is 0. The molecule has 0 fully saturated rings. The van der Waals surface area contributed by atoms with Gasteiger partial charge in [-0.3, -0.25) is 0 Å². The maximum Gasteiger partial charge on any atom is 0.124 e. The number of aliphatic hydroxyl groups is 1. The van der Waals surface area contributed by atoms with Crippen molar-refractivity contribution in [1.29, 1.82) is 0 Å². The van der Waals surface area contributed by atoms with Crippen LogP contribution in [0.5, 0.6) is 0 Å². The molecule has 0 aliphatic carbocycles. The van der Waals surface area contributed by atoms with Crippen LogP contribution < -0.4 is 10.6 Å². The molecular weight excluding hydrogens is 188 g/mol. The fraction of sp³-hybridized carbons (Fsp3) is 0.500. The van der Waals surface area contributed by atoms with Crippen molar-refractivity contribution < 1.29 is 5.11 Å². The molecule has 0 spiro atoms. The number of hydrogen-bond donors (Lipinski definition) is 2. The van der Waals surface area contributed by atoms with Gasteiger partial charge < -0.3 is 15.7 Å². The maximum atomic E-state index is 9.72. The van der Waals surface area contributed by atoms with Gasteiger partial charge in [-0.15, -0.1) is 0 Å². The fourth-order valence-corrected chi connectivity index (χ4v) is 2.25. The molecule has 1 heterocycles. The third-order valence-corrected chi connectivity index (χ3v) is 2.95. The van der Waals surface area contributed by atoms with Crippen molar-refractivity contribution in [3.63, 3.8) is 0 Å². The van der Waals surface area contributed by atoms with E-state index in [1.54, 1.807) is 6.92 Å². The van der Waals surface area contributed by atoms with E-state index in [1.165, 1.54) is 5.56 Å². The van der Waals surface area contributed by atoms with Crippen LogP contribution >= 0.6 is 0 Å². The Bertz CT molecular complexity index is 363. The molecule has 1 aliphatic heterocycles. The van der Waals surface area contributed by atoms with Gasteiger partial charge in [0.25, 0.3) is 0 Å². The summed E-state index contributed by atoms with van der Waals surface area (Å²) in [5.41, 5.74) is 8.90. The van der Waals surface area contributed by atoms with Crippen molar-refractivity contribution in [2.45, 2.75) is 26.5 Å². The summed E-state index contributed by atoms with van der Waals surface area (Å²) in [6, 6.07) is 5.95. The molecule has 0 amide bonds. The van der Waals surface area contributed by atoms with Crippen LogP contribution in [0.1, 0.15) is 19.4 Å². The minimum absolute atomic E-state index is 0.451. The summed E-state index contributed by atoms with van der Waals surface area (Å²) < 4.78 is 0. The first kappa shape index (κ1) is 10.3. The largest absolute Gasteiger partial charge is 0.399 e. The summed E-state index contributed by atoms with van der Waals surface area (Å²) in [5, 5.41) is 9.72. The Kier molecular flexibility index (Phi) is 2.57. The molecule has 2 rings (SSSR count). The molecule has 15 heavy (non-hydrogen) atoms. The Balaban J connectivity index is 2.43. The van der Waals surface area contributed by atoms with Crippen molar-refractivity contribution in [1.82, 2.24) is 0 Å². The number of benzene rings is 1. The number of anilines is 2. The van der Waals surface area contributed by atoms with E-state index in [2.05, 4.69) is 13.0 Å². The molecule has 1 aromatic carbocycles. The van der Waals surface area contributed by atoms with E-state index >= 15 is 0 Å². The number of rotatable bonds is 1. The highest BCUT2D eigenvalue weighted by Gasteiger charge is 2.24. The molecule has 0 saturated heterocycles. The van der Waals surface area contributed by atoms with Crippen LogP contribution in [0.15, 0.2) is 18.2 Å². The monoisotopic (exact) mass is 206 g/mol. The van der Waals surface area contributed by atoms with Crippen molar-refractivity contribution in [2.24, 2.45) is 5.92 Å². The third kappa shape index (κ3) is 1.92. The Morgan fingerprint density at radius 2 is 2.27 bits per heavy atom. The highest BCUT2D eigenvalue weighted by atomic mass is 16.3. The van der Waals surface area contributed by atoms with Crippen LogP contribution in [0.2, 0.25) is 0 Å². The first-order chi connectivity index (χ1) is 7.08. The number of fused-ring (bicyclic) bond motifs is 1. The molecular formula is C12H18N2O. The summed E-state index contributed by atoms with van der Waals surface area (Å²) in [5.74, 6) is 0.579. The van der Waals surface area contributed by atoms with Crippen molar-refractivity contribution in [2.75, 3.05) is 17.2 Å². The number of nitrogen functional groups attached to an aromatic ring is 1.